The predicted molar refractivity (Wildman–Crippen MR) is 87.5 cm³/mol. The van der Waals surface area contributed by atoms with Gasteiger partial charge < -0.3 is 14.2 Å². The van der Waals surface area contributed by atoms with Crippen LogP contribution in [0.2, 0.25) is 0 Å². The van der Waals surface area contributed by atoms with Gasteiger partial charge in [0, 0.05) is 12.0 Å². The Balaban J connectivity index is 1.77. The average molecular weight is 370 g/mol. The third-order valence-electron chi connectivity index (χ3n) is 4.90. The Morgan fingerprint density at radius 3 is 2.38 bits per heavy atom. The molecule has 4 nitrogen and oxygen atoms in total. The third kappa shape index (κ3) is 3.52. The molecule has 0 saturated heterocycles. The molecule has 26 heavy (non-hydrogen) atoms. The Morgan fingerprint density at radius 1 is 1.15 bits per heavy atom. The number of hydrogen-bond donors (Lipinski definition) is 0. The third-order valence-corrected chi connectivity index (χ3v) is 4.90. The molecule has 1 heterocycles. The number of alkyl halides is 3. The van der Waals surface area contributed by atoms with Gasteiger partial charge in [0.2, 0.25) is 11.4 Å². The van der Waals surface area contributed by atoms with E-state index in [-0.39, 0.29) is 17.4 Å². The number of rotatable bonds is 4. The first kappa shape index (κ1) is 18.6. The largest absolute Gasteiger partial charge is 0.497 e. The van der Waals surface area contributed by atoms with Crippen molar-refractivity contribution in [3.63, 3.8) is 0 Å². The predicted octanol–water partition coefficient (Wildman–Crippen LogP) is 4.63. The van der Waals surface area contributed by atoms with Crippen molar-refractivity contribution < 1.29 is 32.2 Å². The van der Waals surface area contributed by atoms with Crippen LogP contribution < -0.4 is 4.74 Å². The van der Waals surface area contributed by atoms with Crippen LogP contribution in [0.4, 0.5) is 13.2 Å². The van der Waals surface area contributed by atoms with E-state index in [2.05, 4.69) is 0 Å². The number of carbonyl (C=O) groups is 1. The van der Waals surface area contributed by atoms with Gasteiger partial charge in [0.25, 0.3) is 0 Å². The van der Waals surface area contributed by atoms with E-state index >= 15 is 0 Å². The van der Waals surface area contributed by atoms with Crippen LogP contribution >= 0.6 is 0 Å². The van der Waals surface area contributed by atoms with Crippen LogP contribution in [0.15, 0.2) is 36.1 Å². The molecule has 1 aliphatic heterocycles. The summed E-state index contributed by atoms with van der Waals surface area (Å²) in [6.45, 7) is 0. The summed E-state index contributed by atoms with van der Waals surface area (Å²) in [6, 6.07) is 5.47. The summed E-state index contributed by atoms with van der Waals surface area (Å²) in [5.74, 6) is -0.755. The first-order chi connectivity index (χ1) is 12.4. The molecule has 1 saturated carbocycles. The van der Waals surface area contributed by atoms with Crippen LogP contribution in [0.3, 0.4) is 0 Å². The maximum Gasteiger partial charge on any atom is 0.432 e. The van der Waals surface area contributed by atoms with E-state index in [1.165, 1.54) is 37.5 Å². The first-order valence-corrected chi connectivity index (χ1v) is 8.67. The highest BCUT2D eigenvalue weighted by molar-refractivity contribution is 5.87. The van der Waals surface area contributed by atoms with Gasteiger partial charge >= 0.3 is 12.1 Å². The summed E-state index contributed by atoms with van der Waals surface area (Å²) in [5, 5.41) is 0. The normalized spacial score (nSPS) is 23.9. The maximum absolute atomic E-state index is 13.8. The number of methoxy groups -OCH3 is 1. The molecule has 1 fully saturated rings. The molecular formula is C19H21F3O4. The van der Waals surface area contributed by atoms with Crippen LogP contribution in [0.1, 0.15) is 44.1 Å². The van der Waals surface area contributed by atoms with E-state index in [1.807, 2.05) is 0 Å². The van der Waals surface area contributed by atoms with Crippen molar-refractivity contribution in [1.29, 1.82) is 0 Å². The van der Waals surface area contributed by atoms with Crippen LogP contribution in [0.25, 0.3) is 0 Å². The molecule has 0 bridgehead atoms. The van der Waals surface area contributed by atoms with Gasteiger partial charge in [-0.15, -0.1) is 0 Å². The molecule has 7 heteroatoms. The van der Waals surface area contributed by atoms with Crippen molar-refractivity contribution in [2.75, 3.05) is 7.11 Å². The zero-order valence-corrected chi connectivity index (χ0v) is 14.5. The topological polar surface area (TPSA) is 44.8 Å². The lowest BCUT2D eigenvalue weighted by Gasteiger charge is -2.32. The van der Waals surface area contributed by atoms with E-state index < -0.39 is 24.2 Å². The average Bonchev–Trinajstić information content (AvgIpc) is 3.09. The van der Waals surface area contributed by atoms with E-state index in [1.54, 1.807) is 0 Å². The fourth-order valence-corrected chi connectivity index (χ4v) is 3.40. The van der Waals surface area contributed by atoms with Crippen molar-refractivity contribution in [3.05, 3.63) is 41.7 Å². The van der Waals surface area contributed by atoms with Gasteiger partial charge in [0.05, 0.1) is 7.11 Å². The van der Waals surface area contributed by atoms with Gasteiger partial charge in [0.15, 0.2) is 0 Å². The molecule has 0 amide bonds. The summed E-state index contributed by atoms with van der Waals surface area (Å²) < 4.78 is 57.0. The minimum atomic E-state index is -4.69. The highest BCUT2D eigenvalue weighted by Crippen LogP contribution is 2.50. The molecule has 3 rings (SSSR count). The number of hydrogen-bond acceptors (Lipinski definition) is 4. The maximum atomic E-state index is 13.8. The first-order valence-electron chi connectivity index (χ1n) is 8.67. The van der Waals surface area contributed by atoms with Crippen molar-refractivity contribution >= 4 is 5.97 Å². The van der Waals surface area contributed by atoms with Crippen molar-refractivity contribution in [2.45, 2.75) is 56.4 Å². The second-order valence-corrected chi connectivity index (χ2v) is 6.59. The number of halogens is 3. The zero-order valence-electron chi connectivity index (χ0n) is 14.5. The molecule has 1 atom stereocenters. The van der Waals surface area contributed by atoms with Crippen LogP contribution in [-0.2, 0) is 19.9 Å². The Labute approximate surface area is 149 Å². The molecule has 0 radical (unpaired) electrons. The van der Waals surface area contributed by atoms with Crippen molar-refractivity contribution in [3.8, 4) is 5.75 Å². The summed E-state index contributed by atoms with van der Waals surface area (Å²) in [6.07, 6.45) is 0.228. The number of benzene rings is 1. The standard InChI is InChI=1S/C19H21F3O4/c1-24-14-9-7-13(8-10-14)18(19(20,21)22)12-11-16(26-18)17(23)25-15-5-3-2-4-6-15/h7-11,15H,2-6,12H2,1H3. The van der Waals surface area contributed by atoms with Gasteiger partial charge in [-0.3, -0.25) is 0 Å². The van der Waals surface area contributed by atoms with Crippen molar-refractivity contribution in [2.24, 2.45) is 0 Å². The zero-order chi connectivity index (χ0) is 18.8. The molecular weight excluding hydrogens is 349 g/mol. The second kappa shape index (κ2) is 7.21. The summed E-state index contributed by atoms with van der Waals surface area (Å²) >= 11 is 0. The molecule has 142 valence electrons. The minimum absolute atomic E-state index is 0.0810. The number of carbonyl (C=O) groups excluding carboxylic acids is 1. The SMILES string of the molecule is COc1ccc(C2(C(F)(F)F)CC=C(C(=O)OC3CCCCC3)O2)cc1. The van der Waals surface area contributed by atoms with Crippen LogP contribution in [-0.4, -0.2) is 25.4 Å². The van der Waals surface area contributed by atoms with E-state index in [4.69, 9.17) is 14.2 Å². The highest BCUT2D eigenvalue weighted by atomic mass is 19.4. The van der Waals surface area contributed by atoms with Gasteiger partial charge in [-0.2, -0.15) is 13.2 Å². The fraction of sp³-hybridized carbons (Fsp3) is 0.526. The minimum Gasteiger partial charge on any atom is -0.497 e. The Kier molecular flexibility index (Phi) is 5.16. The molecule has 0 aromatic heterocycles. The molecule has 1 aliphatic carbocycles. The van der Waals surface area contributed by atoms with Crippen LogP contribution in [0, 0.1) is 0 Å². The molecule has 2 aliphatic rings. The van der Waals surface area contributed by atoms with Gasteiger partial charge in [-0.1, -0.05) is 18.6 Å². The number of esters is 1. The van der Waals surface area contributed by atoms with Gasteiger partial charge in [0.1, 0.15) is 11.9 Å². The molecule has 0 spiro atoms. The fourth-order valence-electron chi connectivity index (χ4n) is 3.40. The lowest BCUT2D eigenvalue weighted by Crippen LogP contribution is -2.42. The van der Waals surface area contributed by atoms with E-state index in [9.17, 15) is 18.0 Å². The highest BCUT2D eigenvalue weighted by Gasteiger charge is 2.61. The van der Waals surface area contributed by atoms with Crippen molar-refractivity contribution in [1.82, 2.24) is 0 Å². The van der Waals surface area contributed by atoms with Gasteiger partial charge in [-0.25, -0.2) is 4.79 Å². The molecule has 1 unspecified atom stereocenters. The summed E-state index contributed by atoms with van der Waals surface area (Å²) in [7, 11) is 1.43. The number of ether oxygens (including phenoxy) is 3. The quantitative estimate of drug-likeness (QED) is 0.725. The summed E-state index contributed by atoms with van der Waals surface area (Å²) in [5.41, 5.74) is -2.66. The van der Waals surface area contributed by atoms with Gasteiger partial charge in [-0.05, 0) is 43.9 Å². The molecule has 1 aromatic carbocycles. The van der Waals surface area contributed by atoms with E-state index in [0.717, 1.165) is 32.1 Å². The molecule has 0 N–H and O–H groups in total. The lowest BCUT2D eigenvalue weighted by atomic mass is 9.90. The summed E-state index contributed by atoms with van der Waals surface area (Å²) in [4.78, 5) is 12.3. The van der Waals surface area contributed by atoms with E-state index in [0.29, 0.717) is 5.75 Å². The van der Waals surface area contributed by atoms with Crippen LogP contribution in [0.5, 0.6) is 5.75 Å². The molecule has 1 aromatic rings. The smallest absolute Gasteiger partial charge is 0.432 e. The monoisotopic (exact) mass is 370 g/mol. The second-order valence-electron chi connectivity index (χ2n) is 6.59. The Hall–Kier alpha value is -2.18. The Bertz CT molecular complexity index is 675. The Morgan fingerprint density at radius 2 is 1.81 bits per heavy atom. The lowest BCUT2D eigenvalue weighted by molar-refractivity contribution is -0.265.